The molecule has 0 heterocycles. The summed E-state index contributed by atoms with van der Waals surface area (Å²) < 4.78 is 60.3. The highest BCUT2D eigenvalue weighted by molar-refractivity contribution is 14.1. The fourth-order valence-corrected chi connectivity index (χ4v) is 3.66. The van der Waals surface area contributed by atoms with Crippen molar-refractivity contribution in [1.29, 1.82) is 0 Å². The summed E-state index contributed by atoms with van der Waals surface area (Å²) in [6.07, 6.45) is 0. The molecule has 2 N–H and O–H groups in total. The van der Waals surface area contributed by atoms with Crippen LogP contribution in [0.15, 0.2) is 33.6 Å². The van der Waals surface area contributed by atoms with Gasteiger partial charge in [0, 0.05) is 9.26 Å². The van der Waals surface area contributed by atoms with Crippen LogP contribution in [0.2, 0.25) is 0 Å². The number of nitrogens with one attached hydrogen (secondary N) is 1. The lowest BCUT2D eigenvalue weighted by Gasteiger charge is -2.15. The molecule has 118 valence electrons. The van der Waals surface area contributed by atoms with Crippen molar-refractivity contribution >= 4 is 60.0 Å². The van der Waals surface area contributed by atoms with E-state index in [1.165, 1.54) is 0 Å². The van der Waals surface area contributed by atoms with Gasteiger partial charge in [-0.2, -0.15) is 8.42 Å². The molecule has 0 aliphatic carbocycles. The van der Waals surface area contributed by atoms with E-state index in [1.807, 2.05) is 0 Å². The molecule has 9 heteroatoms. The van der Waals surface area contributed by atoms with Gasteiger partial charge in [-0.15, -0.1) is 0 Å². The highest BCUT2D eigenvalue weighted by atomic mass is 127. The zero-order valence-corrected chi connectivity index (χ0v) is 15.6. The molecule has 0 amide bonds. The Kier molecular flexibility index (Phi) is 5.09. The molecule has 2 aromatic rings. The third-order valence-corrected chi connectivity index (χ3v) is 4.98. The molecule has 0 fully saturated rings. The van der Waals surface area contributed by atoms with Crippen molar-refractivity contribution in [3.8, 4) is 0 Å². The van der Waals surface area contributed by atoms with E-state index in [9.17, 15) is 21.8 Å². The summed E-state index contributed by atoms with van der Waals surface area (Å²) in [6, 6.07) is 5.90. The molecule has 0 unspecified atom stereocenters. The van der Waals surface area contributed by atoms with Gasteiger partial charge in [-0.1, -0.05) is 0 Å². The van der Waals surface area contributed by atoms with Crippen molar-refractivity contribution in [2.24, 2.45) is 0 Å². The largest absolute Gasteiger partial charge is 0.352 e. The highest BCUT2D eigenvalue weighted by Gasteiger charge is 2.25. The molecule has 0 aromatic heterocycles. The summed E-state index contributed by atoms with van der Waals surface area (Å²) in [5, 5.41) is 2.53. The first-order valence-corrected chi connectivity index (χ1v) is 9.10. The SMILES string of the molecule is Cc1cc(I)ccc1Nc1c(S(=O)(=O)O)cc(Br)c(F)c1F. The van der Waals surface area contributed by atoms with Crippen LogP contribution in [-0.4, -0.2) is 13.0 Å². The second-order valence-electron chi connectivity index (χ2n) is 4.42. The van der Waals surface area contributed by atoms with Crippen molar-refractivity contribution < 1.29 is 21.8 Å². The Morgan fingerprint density at radius 2 is 1.86 bits per heavy atom. The number of hydrogen-bond acceptors (Lipinski definition) is 3. The minimum Gasteiger partial charge on any atom is -0.352 e. The number of halogens is 4. The average molecular weight is 504 g/mol. The fraction of sp³-hybridized carbons (Fsp3) is 0.0769. The molecule has 4 nitrogen and oxygen atoms in total. The van der Waals surface area contributed by atoms with Gasteiger partial charge in [0.15, 0.2) is 11.6 Å². The maximum atomic E-state index is 14.1. The van der Waals surface area contributed by atoms with E-state index >= 15 is 0 Å². The van der Waals surface area contributed by atoms with E-state index in [0.717, 1.165) is 9.64 Å². The van der Waals surface area contributed by atoms with Gasteiger partial charge >= 0.3 is 0 Å². The summed E-state index contributed by atoms with van der Waals surface area (Å²) in [5.74, 6) is -2.65. The van der Waals surface area contributed by atoms with E-state index in [4.69, 9.17) is 0 Å². The van der Waals surface area contributed by atoms with Crippen LogP contribution in [0.5, 0.6) is 0 Å². The smallest absolute Gasteiger partial charge is 0.296 e. The van der Waals surface area contributed by atoms with Crippen molar-refractivity contribution in [3.05, 3.63) is 49.5 Å². The lowest BCUT2D eigenvalue weighted by atomic mass is 10.2. The molecular formula is C13H9BrF2INO3S. The van der Waals surface area contributed by atoms with E-state index < -0.39 is 36.8 Å². The first kappa shape index (κ1) is 17.6. The van der Waals surface area contributed by atoms with E-state index in [-0.39, 0.29) is 0 Å². The van der Waals surface area contributed by atoms with Crippen molar-refractivity contribution in [3.63, 3.8) is 0 Å². The standard InChI is InChI=1S/C13H9BrF2INO3S/c1-6-4-7(17)2-3-9(6)18-13-10(22(19,20)21)5-8(14)11(15)12(13)16/h2-5,18H,1H3,(H,19,20,21). The van der Waals surface area contributed by atoms with Crippen LogP contribution in [0.1, 0.15) is 5.56 Å². The molecule has 0 atom stereocenters. The Labute approximate surface area is 147 Å². The Morgan fingerprint density at radius 3 is 2.41 bits per heavy atom. The van der Waals surface area contributed by atoms with Gasteiger partial charge in [0.25, 0.3) is 10.1 Å². The first-order valence-electron chi connectivity index (χ1n) is 5.79. The molecule has 0 aliphatic heterocycles. The number of benzene rings is 2. The maximum absolute atomic E-state index is 14.1. The molecule has 0 bridgehead atoms. The van der Waals surface area contributed by atoms with Crippen molar-refractivity contribution in [1.82, 2.24) is 0 Å². The zero-order chi connectivity index (χ0) is 16.7. The lowest BCUT2D eigenvalue weighted by molar-refractivity contribution is 0.477. The van der Waals surface area contributed by atoms with Crippen LogP contribution in [0.4, 0.5) is 20.2 Å². The lowest BCUT2D eigenvalue weighted by Crippen LogP contribution is -2.08. The highest BCUT2D eigenvalue weighted by Crippen LogP contribution is 2.34. The van der Waals surface area contributed by atoms with Gasteiger partial charge in [0.2, 0.25) is 0 Å². The molecule has 22 heavy (non-hydrogen) atoms. The summed E-state index contributed by atoms with van der Waals surface area (Å²) in [4.78, 5) is -0.753. The normalized spacial score (nSPS) is 11.5. The van der Waals surface area contributed by atoms with Crippen molar-refractivity contribution in [2.45, 2.75) is 11.8 Å². The summed E-state index contributed by atoms with van der Waals surface area (Å²) in [5.41, 5.74) is 0.453. The van der Waals surface area contributed by atoms with Gasteiger partial charge < -0.3 is 5.32 Å². The van der Waals surface area contributed by atoms with Gasteiger partial charge in [-0.25, -0.2) is 8.78 Å². The number of rotatable bonds is 3. The first-order chi connectivity index (χ1) is 10.1. The Morgan fingerprint density at radius 1 is 1.23 bits per heavy atom. The molecule has 0 saturated carbocycles. The van der Waals surface area contributed by atoms with E-state index in [1.54, 1.807) is 25.1 Å². The minimum absolute atomic E-state index is 0.394. The molecule has 0 spiro atoms. The minimum atomic E-state index is -4.74. The van der Waals surface area contributed by atoms with Crippen LogP contribution < -0.4 is 5.32 Å². The van der Waals surface area contributed by atoms with Crippen LogP contribution >= 0.6 is 38.5 Å². The molecule has 0 saturated heterocycles. The third-order valence-electron chi connectivity index (χ3n) is 2.85. The van der Waals surface area contributed by atoms with E-state index in [0.29, 0.717) is 11.3 Å². The third kappa shape index (κ3) is 3.58. The molecule has 2 aromatic carbocycles. The zero-order valence-electron chi connectivity index (χ0n) is 11.0. The van der Waals surface area contributed by atoms with Gasteiger partial charge in [0.05, 0.1) is 10.2 Å². The number of aryl methyl sites for hydroxylation is 1. The second kappa shape index (κ2) is 6.38. The second-order valence-corrected chi connectivity index (χ2v) is 7.91. The van der Waals surface area contributed by atoms with Crippen LogP contribution in [0.25, 0.3) is 0 Å². The molecule has 2 rings (SSSR count). The maximum Gasteiger partial charge on any atom is 0.296 e. The molecular weight excluding hydrogens is 495 g/mol. The monoisotopic (exact) mass is 503 g/mol. The van der Waals surface area contributed by atoms with Crippen LogP contribution in [0, 0.1) is 22.1 Å². The molecule has 0 radical (unpaired) electrons. The predicted octanol–water partition coefficient (Wildman–Crippen LogP) is 4.63. The summed E-state index contributed by atoms with van der Waals surface area (Å²) >= 11 is 4.80. The van der Waals surface area contributed by atoms with Gasteiger partial charge in [-0.3, -0.25) is 4.55 Å². The van der Waals surface area contributed by atoms with Crippen LogP contribution in [-0.2, 0) is 10.1 Å². The van der Waals surface area contributed by atoms with Gasteiger partial charge in [-0.05, 0) is 75.3 Å². The summed E-state index contributed by atoms with van der Waals surface area (Å²) in [6.45, 7) is 1.73. The number of hydrogen-bond donors (Lipinski definition) is 2. The Hall–Kier alpha value is -0.780. The Bertz CT molecular complexity index is 859. The van der Waals surface area contributed by atoms with Crippen LogP contribution in [0.3, 0.4) is 0 Å². The fourth-order valence-electron chi connectivity index (χ4n) is 1.80. The van der Waals surface area contributed by atoms with E-state index in [2.05, 4.69) is 43.8 Å². The quantitative estimate of drug-likeness (QED) is 0.364. The topological polar surface area (TPSA) is 66.4 Å². The average Bonchev–Trinajstić information content (AvgIpc) is 2.40. The molecule has 0 aliphatic rings. The van der Waals surface area contributed by atoms with Gasteiger partial charge in [0.1, 0.15) is 4.90 Å². The Balaban J connectivity index is 2.66. The van der Waals surface area contributed by atoms with Crippen molar-refractivity contribution in [2.75, 3.05) is 5.32 Å². The number of anilines is 2. The summed E-state index contributed by atoms with van der Waals surface area (Å²) in [7, 11) is -4.74. The predicted molar refractivity (Wildman–Crippen MR) is 91.1 cm³/mol.